The molecule has 0 saturated heterocycles. The third-order valence-electron chi connectivity index (χ3n) is 2.43. The van der Waals surface area contributed by atoms with Crippen molar-refractivity contribution in [3.63, 3.8) is 0 Å². The smallest absolute Gasteiger partial charge is 0.267 e. The van der Waals surface area contributed by atoms with Crippen LogP contribution in [0.25, 0.3) is 0 Å². The minimum atomic E-state index is -3.89. The summed E-state index contributed by atoms with van der Waals surface area (Å²) >= 11 is 0. The summed E-state index contributed by atoms with van der Waals surface area (Å²) in [6.07, 6.45) is 3.63. The molecule has 2 atom stereocenters. The molecule has 0 spiro atoms. The van der Waals surface area contributed by atoms with Crippen molar-refractivity contribution in [2.75, 3.05) is 0 Å². The Morgan fingerprint density at radius 2 is 1.67 bits per heavy atom. The zero-order chi connectivity index (χ0) is 11.9. The first-order chi connectivity index (χ1) is 6.88. The highest BCUT2D eigenvalue weighted by Gasteiger charge is 2.21. The highest BCUT2D eigenvalue weighted by molar-refractivity contribution is 7.86. The summed E-state index contributed by atoms with van der Waals surface area (Å²) in [4.78, 5) is 0. The van der Waals surface area contributed by atoms with Gasteiger partial charge in [0.25, 0.3) is 10.1 Å². The number of aliphatic hydroxyl groups excluding tert-OH is 1. The zero-order valence-electron chi connectivity index (χ0n) is 9.52. The van der Waals surface area contributed by atoms with E-state index >= 15 is 0 Å². The Labute approximate surface area is 92.4 Å². The van der Waals surface area contributed by atoms with Crippen molar-refractivity contribution in [1.29, 1.82) is 0 Å². The molecule has 0 saturated carbocycles. The minimum absolute atomic E-state index is 0.333. The third kappa shape index (κ3) is 7.76. The maximum atomic E-state index is 11.0. The summed E-state index contributed by atoms with van der Waals surface area (Å²) in [5.41, 5.74) is 0. The Bertz CT molecular complexity index is 246. The summed E-state index contributed by atoms with van der Waals surface area (Å²) < 4.78 is 30.9. The lowest BCUT2D eigenvalue weighted by Crippen LogP contribution is -2.20. The number of rotatable bonds is 8. The van der Waals surface area contributed by atoms with E-state index in [1.165, 1.54) is 0 Å². The molecule has 0 rings (SSSR count). The molecule has 92 valence electrons. The predicted octanol–water partition coefficient (Wildman–Crippen LogP) is 1.98. The number of unbranched alkanes of at least 4 members (excludes halogenated alkanes) is 1. The van der Waals surface area contributed by atoms with Gasteiger partial charge in [0.05, 0.1) is 11.4 Å². The lowest BCUT2D eigenvalue weighted by molar-refractivity contribution is 0.180. The summed E-state index contributed by atoms with van der Waals surface area (Å²) in [7, 11) is -3.89. The van der Waals surface area contributed by atoms with Crippen molar-refractivity contribution in [3.8, 4) is 0 Å². The standard InChI is InChI=1S/C10H22O4S/c1-3-6-10(15(12,13)14)8-5-4-7-9(2)11/h9-11H,3-8H2,1-2H3,(H,12,13,14). The average Bonchev–Trinajstić information content (AvgIpc) is 2.08. The second kappa shape index (κ2) is 7.19. The van der Waals surface area contributed by atoms with Gasteiger partial charge in [-0.2, -0.15) is 8.42 Å². The van der Waals surface area contributed by atoms with Crippen LogP contribution in [0.15, 0.2) is 0 Å². The van der Waals surface area contributed by atoms with Crippen LogP contribution < -0.4 is 0 Å². The Morgan fingerprint density at radius 1 is 1.13 bits per heavy atom. The van der Waals surface area contributed by atoms with Gasteiger partial charge in [0.2, 0.25) is 0 Å². The number of hydrogen-bond donors (Lipinski definition) is 2. The monoisotopic (exact) mass is 238 g/mol. The lowest BCUT2D eigenvalue weighted by atomic mass is 10.1. The molecule has 0 aliphatic rings. The van der Waals surface area contributed by atoms with E-state index in [4.69, 9.17) is 9.66 Å². The van der Waals surface area contributed by atoms with Gasteiger partial charge < -0.3 is 5.11 Å². The van der Waals surface area contributed by atoms with Crippen LogP contribution in [-0.2, 0) is 10.1 Å². The second-order valence-corrected chi connectivity index (χ2v) is 5.76. The van der Waals surface area contributed by atoms with Crippen molar-refractivity contribution >= 4 is 10.1 Å². The van der Waals surface area contributed by atoms with Crippen molar-refractivity contribution in [2.45, 2.75) is 63.7 Å². The van der Waals surface area contributed by atoms with Crippen LogP contribution in [0, 0.1) is 0 Å². The van der Waals surface area contributed by atoms with E-state index in [2.05, 4.69) is 0 Å². The van der Waals surface area contributed by atoms with Crippen LogP contribution in [0.2, 0.25) is 0 Å². The van der Waals surface area contributed by atoms with E-state index in [-0.39, 0.29) is 6.10 Å². The SMILES string of the molecule is CCCC(CCCCC(C)O)S(=O)(=O)O. The molecule has 0 bridgehead atoms. The van der Waals surface area contributed by atoms with E-state index in [1.54, 1.807) is 6.92 Å². The van der Waals surface area contributed by atoms with Crippen LogP contribution in [0.1, 0.15) is 52.4 Å². The molecule has 0 amide bonds. The molecule has 15 heavy (non-hydrogen) atoms. The van der Waals surface area contributed by atoms with E-state index in [0.717, 1.165) is 19.3 Å². The van der Waals surface area contributed by atoms with Crippen LogP contribution in [0.5, 0.6) is 0 Å². The topological polar surface area (TPSA) is 74.6 Å². The summed E-state index contributed by atoms with van der Waals surface area (Å²) in [6, 6.07) is 0. The quantitative estimate of drug-likeness (QED) is 0.501. The van der Waals surface area contributed by atoms with E-state index in [1.807, 2.05) is 6.92 Å². The molecule has 0 radical (unpaired) electrons. The first kappa shape index (κ1) is 14.9. The molecule has 0 aromatic rings. The fraction of sp³-hybridized carbons (Fsp3) is 1.00. The number of aliphatic hydroxyl groups is 1. The molecule has 0 aliphatic carbocycles. The molecule has 0 aliphatic heterocycles. The maximum absolute atomic E-state index is 11.0. The highest BCUT2D eigenvalue weighted by Crippen LogP contribution is 2.16. The summed E-state index contributed by atoms with van der Waals surface area (Å²) in [5, 5.41) is 8.38. The molecule has 0 heterocycles. The van der Waals surface area contributed by atoms with Crippen LogP contribution in [0.4, 0.5) is 0 Å². The Kier molecular flexibility index (Phi) is 7.13. The number of hydrogen-bond acceptors (Lipinski definition) is 3. The Balaban J connectivity index is 3.88. The molecule has 5 heteroatoms. The normalized spacial score (nSPS) is 16.3. The van der Waals surface area contributed by atoms with Crippen LogP contribution >= 0.6 is 0 Å². The fourth-order valence-electron chi connectivity index (χ4n) is 1.58. The Morgan fingerprint density at radius 3 is 2.07 bits per heavy atom. The molecular weight excluding hydrogens is 216 g/mol. The molecule has 0 aromatic heterocycles. The predicted molar refractivity (Wildman–Crippen MR) is 60.4 cm³/mol. The molecule has 2 unspecified atom stereocenters. The van der Waals surface area contributed by atoms with Gasteiger partial charge in [-0.1, -0.05) is 26.2 Å². The fourth-order valence-corrected chi connectivity index (χ4v) is 2.57. The van der Waals surface area contributed by atoms with Gasteiger partial charge in [-0.15, -0.1) is 0 Å². The largest absolute Gasteiger partial charge is 0.393 e. The lowest BCUT2D eigenvalue weighted by Gasteiger charge is -2.12. The maximum Gasteiger partial charge on any atom is 0.267 e. The van der Waals surface area contributed by atoms with Gasteiger partial charge in [-0.05, 0) is 26.2 Å². The molecule has 2 N–H and O–H groups in total. The second-order valence-electron chi connectivity index (χ2n) is 4.06. The van der Waals surface area contributed by atoms with Gasteiger partial charge in [0, 0.05) is 0 Å². The van der Waals surface area contributed by atoms with E-state index < -0.39 is 15.4 Å². The average molecular weight is 238 g/mol. The summed E-state index contributed by atoms with van der Waals surface area (Å²) in [5.74, 6) is 0. The first-order valence-electron chi connectivity index (χ1n) is 5.52. The van der Waals surface area contributed by atoms with Crippen molar-refractivity contribution in [1.82, 2.24) is 0 Å². The first-order valence-corrected chi connectivity index (χ1v) is 7.02. The van der Waals surface area contributed by atoms with E-state index in [9.17, 15) is 8.42 Å². The molecule has 4 nitrogen and oxygen atoms in total. The van der Waals surface area contributed by atoms with Crippen LogP contribution in [-0.4, -0.2) is 29.4 Å². The van der Waals surface area contributed by atoms with Crippen LogP contribution in [0.3, 0.4) is 0 Å². The van der Waals surface area contributed by atoms with Crippen molar-refractivity contribution < 1.29 is 18.1 Å². The van der Waals surface area contributed by atoms with Gasteiger partial charge in [-0.25, -0.2) is 0 Å². The zero-order valence-corrected chi connectivity index (χ0v) is 10.3. The van der Waals surface area contributed by atoms with E-state index in [0.29, 0.717) is 19.3 Å². The third-order valence-corrected chi connectivity index (χ3v) is 3.74. The molecule has 0 aromatic carbocycles. The summed E-state index contributed by atoms with van der Waals surface area (Å²) in [6.45, 7) is 3.61. The van der Waals surface area contributed by atoms with Gasteiger partial charge in [0.15, 0.2) is 0 Å². The van der Waals surface area contributed by atoms with Gasteiger partial charge >= 0.3 is 0 Å². The van der Waals surface area contributed by atoms with Crippen molar-refractivity contribution in [2.24, 2.45) is 0 Å². The molecule has 0 fully saturated rings. The van der Waals surface area contributed by atoms with Gasteiger partial charge in [0.1, 0.15) is 0 Å². The van der Waals surface area contributed by atoms with Gasteiger partial charge in [-0.3, -0.25) is 4.55 Å². The minimum Gasteiger partial charge on any atom is -0.393 e. The van der Waals surface area contributed by atoms with Crippen molar-refractivity contribution in [3.05, 3.63) is 0 Å². The molecular formula is C10H22O4S. The highest BCUT2D eigenvalue weighted by atomic mass is 32.2. The Hall–Kier alpha value is -0.130.